The molecule has 0 saturated carbocycles. The molecule has 0 radical (unpaired) electrons. The van der Waals surface area contributed by atoms with E-state index in [2.05, 4.69) is 20.9 Å². The number of unbranched alkanes of at least 4 members (excludes halogenated alkanes) is 1. The number of amides is 3. The highest BCUT2D eigenvalue weighted by Gasteiger charge is 2.31. The Kier molecular flexibility index (Phi) is 11.8. The number of benzene rings is 2. The van der Waals surface area contributed by atoms with Gasteiger partial charge in [0.1, 0.15) is 29.9 Å². The number of carboxylic acid groups (broad SMARTS) is 1. The van der Waals surface area contributed by atoms with E-state index in [9.17, 15) is 34.5 Å². The van der Waals surface area contributed by atoms with Gasteiger partial charge in [-0.3, -0.25) is 14.4 Å². The summed E-state index contributed by atoms with van der Waals surface area (Å²) in [6.45, 7) is -0.265. The predicted octanol–water partition coefficient (Wildman–Crippen LogP) is -0.354. The molecule has 3 aromatic rings. The fourth-order valence-corrected chi connectivity index (χ4v) is 4.46. The van der Waals surface area contributed by atoms with Crippen LogP contribution in [0.15, 0.2) is 54.7 Å². The van der Waals surface area contributed by atoms with Gasteiger partial charge >= 0.3 is 5.97 Å². The third kappa shape index (κ3) is 9.03. The number of carboxylic acids is 1. The molecule has 0 bridgehead atoms. The smallest absolute Gasteiger partial charge is 0.326 e. The highest BCUT2D eigenvalue weighted by molar-refractivity contribution is 5.95. The number of nitrogens with two attached hydrogens (primary N) is 2. The van der Waals surface area contributed by atoms with E-state index in [0.717, 1.165) is 10.9 Å². The molecule has 42 heavy (non-hydrogen) atoms. The van der Waals surface area contributed by atoms with Gasteiger partial charge in [0.2, 0.25) is 17.7 Å². The van der Waals surface area contributed by atoms with Crippen LogP contribution in [0.4, 0.5) is 0 Å². The number of carbonyl (C=O) groups excluding carboxylic acids is 3. The van der Waals surface area contributed by atoms with Crippen LogP contribution in [0.5, 0.6) is 5.75 Å². The molecular formula is C29H38N6O7. The zero-order valence-corrected chi connectivity index (χ0v) is 23.1. The van der Waals surface area contributed by atoms with E-state index < -0.39 is 54.5 Å². The van der Waals surface area contributed by atoms with Crippen molar-refractivity contribution < 1.29 is 34.5 Å². The number of para-hydroxylation sites is 1. The Labute approximate surface area is 242 Å². The third-order valence-corrected chi connectivity index (χ3v) is 6.84. The Morgan fingerprint density at radius 3 is 2.10 bits per heavy atom. The van der Waals surface area contributed by atoms with Gasteiger partial charge in [-0.05, 0) is 55.1 Å². The van der Waals surface area contributed by atoms with Gasteiger partial charge in [-0.15, -0.1) is 0 Å². The number of aromatic amines is 1. The lowest BCUT2D eigenvalue weighted by Crippen LogP contribution is -2.58. The molecule has 0 aliphatic heterocycles. The molecular weight excluding hydrogens is 544 g/mol. The number of nitrogens with one attached hydrogen (secondary N) is 4. The maximum atomic E-state index is 13.6. The van der Waals surface area contributed by atoms with Gasteiger partial charge in [-0.1, -0.05) is 30.3 Å². The maximum Gasteiger partial charge on any atom is 0.326 e. The molecule has 11 N–H and O–H groups in total. The topological polar surface area (TPSA) is 233 Å². The van der Waals surface area contributed by atoms with Crippen LogP contribution in [0.25, 0.3) is 10.9 Å². The Hall–Kier alpha value is -4.46. The summed E-state index contributed by atoms with van der Waals surface area (Å²) in [4.78, 5) is 54.6. The van der Waals surface area contributed by atoms with E-state index in [1.165, 1.54) is 12.1 Å². The molecule has 226 valence electrons. The number of aliphatic hydroxyl groups is 1. The quantitative estimate of drug-likeness (QED) is 0.100. The number of aliphatic carboxylic acids is 1. The first-order valence-corrected chi connectivity index (χ1v) is 13.7. The minimum atomic E-state index is -1.28. The normalized spacial score (nSPS) is 14.0. The highest BCUT2D eigenvalue weighted by Crippen LogP contribution is 2.20. The maximum absolute atomic E-state index is 13.6. The number of phenols is 1. The summed E-state index contributed by atoms with van der Waals surface area (Å²) >= 11 is 0. The van der Waals surface area contributed by atoms with Crippen LogP contribution in [-0.4, -0.2) is 81.3 Å². The largest absolute Gasteiger partial charge is 0.508 e. The highest BCUT2D eigenvalue weighted by atomic mass is 16.4. The Morgan fingerprint density at radius 2 is 1.45 bits per heavy atom. The first-order valence-electron chi connectivity index (χ1n) is 13.7. The first kappa shape index (κ1) is 32.1. The van der Waals surface area contributed by atoms with Crippen molar-refractivity contribution in [1.82, 2.24) is 20.9 Å². The zero-order chi connectivity index (χ0) is 30.6. The van der Waals surface area contributed by atoms with E-state index in [4.69, 9.17) is 11.5 Å². The van der Waals surface area contributed by atoms with Gasteiger partial charge in [0.25, 0.3) is 0 Å². The Balaban J connectivity index is 1.89. The lowest BCUT2D eigenvalue weighted by Gasteiger charge is -2.25. The molecule has 0 spiro atoms. The van der Waals surface area contributed by atoms with E-state index in [0.29, 0.717) is 30.5 Å². The van der Waals surface area contributed by atoms with Crippen LogP contribution in [0.2, 0.25) is 0 Å². The minimum absolute atomic E-state index is 0.0148. The summed E-state index contributed by atoms with van der Waals surface area (Å²) in [5.41, 5.74) is 13.3. The van der Waals surface area contributed by atoms with Crippen molar-refractivity contribution in [3.63, 3.8) is 0 Å². The molecule has 13 heteroatoms. The third-order valence-electron chi connectivity index (χ3n) is 6.84. The predicted molar refractivity (Wildman–Crippen MR) is 155 cm³/mol. The van der Waals surface area contributed by atoms with E-state index in [1.54, 1.807) is 18.3 Å². The van der Waals surface area contributed by atoms with Crippen LogP contribution < -0.4 is 27.4 Å². The Bertz CT molecular complexity index is 1360. The molecule has 1 heterocycles. The first-order chi connectivity index (χ1) is 20.1. The summed E-state index contributed by atoms with van der Waals surface area (Å²) < 4.78 is 0. The summed E-state index contributed by atoms with van der Waals surface area (Å²) in [6, 6.07) is 8.50. The molecule has 0 fully saturated rings. The summed E-state index contributed by atoms with van der Waals surface area (Å²) in [5, 5.41) is 37.2. The number of H-pyrrole nitrogens is 1. The standard InChI is InChI=1S/C29H38N6O7/c30-12-4-3-7-23(29(41)42)33-28(40)25(14-18-15-32-22-6-2-1-5-20(18)22)35-27(39)24(34-26(38)21(31)16-36)13-17-8-10-19(37)11-9-17/h1-2,5-6,8-11,15,21,23-25,32,36-37H,3-4,7,12-14,16,30-31H2,(H,33,40)(H,34,38)(H,35,39)(H,41,42). The van der Waals surface area contributed by atoms with Gasteiger partial charge in [0.05, 0.1) is 6.61 Å². The molecule has 4 unspecified atom stereocenters. The zero-order valence-electron chi connectivity index (χ0n) is 23.1. The van der Waals surface area contributed by atoms with Crippen LogP contribution in [0.1, 0.15) is 30.4 Å². The number of hydrogen-bond acceptors (Lipinski definition) is 8. The average molecular weight is 583 g/mol. The molecule has 2 aromatic carbocycles. The van der Waals surface area contributed by atoms with Crippen molar-refractivity contribution in [2.75, 3.05) is 13.2 Å². The minimum Gasteiger partial charge on any atom is -0.508 e. The number of phenolic OH excluding ortho intramolecular Hbond substituents is 1. The van der Waals surface area contributed by atoms with Gasteiger partial charge in [0.15, 0.2) is 0 Å². The van der Waals surface area contributed by atoms with E-state index in [1.807, 2.05) is 24.3 Å². The van der Waals surface area contributed by atoms with Gasteiger partial charge in [-0.2, -0.15) is 0 Å². The molecule has 13 nitrogen and oxygen atoms in total. The van der Waals surface area contributed by atoms with Crippen molar-refractivity contribution >= 4 is 34.6 Å². The summed E-state index contributed by atoms with van der Waals surface area (Å²) in [5.74, 6) is -3.42. The molecule has 4 atom stereocenters. The summed E-state index contributed by atoms with van der Waals surface area (Å²) in [6.07, 6.45) is 2.94. The molecule has 0 aliphatic rings. The molecule has 3 rings (SSSR count). The molecule has 0 aliphatic carbocycles. The van der Waals surface area contributed by atoms with Crippen molar-refractivity contribution in [3.05, 3.63) is 65.9 Å². The van der Waals surface area contributed by atoms with Crippen LogP contribution in [-0.2, 0) is 32.0 Å². The number of rotatable bonds is 16. The Morgan fingerprint density at radius 1 is 0.833 bits per heavy atom. The second-order valence-corrected chi connectivity index (χ2v) is 10.0. The second kappa shape index (κ2) is 15.5. The van der Waals surface area contributed by atoms with Gasteiger partial charge in [0, 0.05) is 29.9 Å². The fraction of sp³-hybridized carbons (Fsp3) is 0.379. The van der Waals surface area contributed by atoms with Gasteiger partial charge < -0.3 is 47.7 Å². The number of carbonyl (C=O) groups is 4. The van der Waals surface area contributed by atoms with Crippen molar-refractivity contribution in [2.24, 2.45) is 11.5 Å². The molecule has 3 amide bonds. The van der Waals surface area contributed by atoms with Crippen LogP contribution >= 0.6 is 0 Å². The van der Waals surface area contributed by atoms with Crippen LogP contribution in [0, 0.1) is 0 Å². The fourth-order valence-electron chi connectivity index (χ4n) is 4.46. The number of aromatic hydroxyl groups is 1. The van der Waals surface area contributed by atoms with Crippen molar-refractivity contribution in [3.8, 4) is 5.75 Å². The number of fused-ring (bicyclic) bond motifs is 1. The number of aliphatic hydroxyl groups excluding tert-OH is 1. The number of aromatic nitrogens is 1. The monoisotopic (exact) mass is 582 g/mol. The van der Waals surface area contributed by atoms with Crippen LogP contribution in [0.3, 0.4) is 0 Å². The SMILES string of the molecule is NCCCCC(NC(=O)C(Cc1c[nH]c2ccccc12)NC(=O)C(Cc1ccc(O)cc1)NC(=O)C(N)CO)C(=O)O. The lowest BCUT2D eigenvalue weighted by atomic mass is 10.0. The number of hydrogen-bond donors (Lipinski definition) is 9. The van der Waals surface area contributed by atoms with Gasteiger partial charge in [-0.25, -0.2) is 4.79 Å². The summed E-state index contributed by atoms with van der Waals surface area (Å²) in [7, 11) is 0. The lowest BCUT2D eigenvalue weighted by molar-refractivity contribution is -0.142. The van der Waals surface area contributed by atoms with E-state index >= 15 is 0 Å². The molecule has 0 saturated heterocycles. The van der Waals surface area contributed by atoms with E-state index in [-0.39, 0.29) is 25.0 Å². The van der Waals surface area contributed by atoms with Crippen molar-refractivity contribution in [1.29, 1.82) is 0 Å². The average Bonchev–Trinajstić information content (AvgIpc) is 3.39. The van der Waals surface area contributed by atoms with Crippen molar-refractivity contribution in [2.45, 2.75) is 56.3 Å². The molecule has 1 aromatic heterocycles. The second-order valence-electron chi connectivity index (χ2n) is 10.0.